The van der Waals surface area contributed by atoms with Crippen LogP contribution in [0.2, 0.25) is 0 Å². The number of benzene rings is 2. The van der Waals surface area contributed by atoms with Gasteiger partial charge in [-0.2, -0.15) is 0 Å². The van der Waals surface area contributed by atoms with Crippen molar-refractivity contribution in [3.63, 3.8) is 0 Å². The Hall–Kier alpha value is -1.48. The summed E-state index contributed by atoms with van der Waals surface area (Å²) in [6.45, 7) is 1.51. The van der Waals surface area contributed by atoms with Gasteiger partial charge in [-0.15, -0.1) is 0 Å². The quantitative estimate of drug-likeness (QED) is 0.590. The van der Waals surface area contributed by atoms with Gasteiger partial charge in [0.15, 0.2) is 5.78 Å². The Kier molecular flexibility index (Phi) is 5.74. The van der Waals surface area contributed by atoms with Crippen molar-refractivity contribution in [2.45, 2.75) is 13.0 Å². The minimum Gasteiger partial charge on any atom is -0.294 e. The average molecular weight is 404 g/mol. The Bertz CT molecular complexity index is 768. The summed E-state index contributed by atoms with van der Waals surface area (Å²) in [5.74, 6) is -1.63. The fraction of sp³-hybridized carbons (Fsp3) is 0.133. The molecule has 2 aromatic carbocycles. The van der Waals surface area contributed by atoms with Gasteiger partial charge in [-0.1, -0.05) is 15.9 Å². The minimum atomic E-state index is -2.29. The van der Waals surface area contributed by atoms with Crippen LogP contribution < -0.4 is 4.72 Å². The first kappa shape index (κ1) is 17.9. The molecule has 0 aliphatic rings. The van der Waals surface area contributed by atoms with Crippen LogP contribution in [0.1, 0.15) is 34.5 Å². The third-order valence-electron chi connectivity index (χ3n) is 3.18. The average Bonchev–Trinajstić information content (AvgIpc) is 2.48. The van der Waals surface area contributed by atoms with Crippen molar-refractivity contribution >= 4 is 33.0 Å². The molecule has 8 heteroatoms. The predicted octanol–water partition coefficient (Wildman–Crippen LogP) is 3.75. The molecule has 4 nitrogen and oxygen atoms in total. The predicted molar refractivity (Wildman–Crippen MR) is 86.3 cm³/mol. The topological polar surface area (TPSA) is 66.4 Å². The minimum absolute atomic E-state index is 0.0789. The molecule has 0 fully saturated rings. The van der Waals surface area contributed by atoms with E-state index in [1.165, 1.54) is 25.1 Å². The zero-order chi connectivity index (χ0) is 17.1. The molecule has 0 bridgehead atoms. The molecular formula is C15H12BrF2NO3S. The zero-order valence-corrected chi connectivity index (χ0v) is 14.2. The molecule has 2 atom stereocenters. The summed E-state index contributed by atoms with van der Waals surface area (Å²) in [4.78, 5) is 12.4. The molecule has 2 rings (SSSR count). The largest absolute Gasteiger partial charge is 0.294 e. The highest BCUT2D eigenvalue weighted by Crippen LogP contribution is 2.27. The second-order valence-corrected chi connectivity index (χ2v) is 6.37. The number of hydrogen-bond acceptors (Lipinski definition) is 2. The smallest absolute Gasteiger partial charge is 0.232 e. The van der Waals surface area contributed by atoms with Crippen LogP contribution in [0.4, 0.5) is 8.78 Å². The number of carbonyl (C=O) groups excluding carboxylic acids is 1. The summed E-state index contributed by atoms with van der Waals surface area (Å²) in [5.41, 5.74) is 0.437. The first-order valence-electron chi connectivity index (χ1n) is 6.46. The van der Waals surface area contributed by atoms with Gasteiger partial charge in [-0.05, 0) is 43.3 Å². The van der Waals surface area contributed by atoms with Crippen LogP contribution in [-0.2, 0) is 11.3 Å². The van der Waals surface area contributed by atoms with E-state index in [1.807, 2.05) is 0 Å². The molecule has 0 saturated heterocycles. The molecule has 0 saturated carbocycles. The fourth-order valence-electron chi connectivity index (χ4n) is 2.04. The number of ketones is 1. The summed E-state index contributed by atoms with van der Waals surface area (Å²) >= 11 is 0.909. The molecule has 23 heavy (non-hydrogen) atoms. The lowest BCUT2D eigenvalue weighted by atomic mass is 10.00. The maximum absolute atomic E-state index is 14.2. The third kappa shape index (κ3) is 4.29. The lowest BCUT2D eigenvalue weighted by Crippen LogP contribution is -2.21. The van der Waals surface area contributed by atoms with Crippen LogP contribution in [0.25, 0.3) is 0 Å². The lowest BCUT2D eigenvalue weighted by Gasteiger charge is -2.14. The van der Waals surface area contributed by atoms with Crippen LogP contribution in [0.3, 0.4) is 0 Å². The highest BCUT2D eigenvalue weighted by molar-refractivity contribution is 9.10. The van der Waals surface area contributed by atoms with Gasteiger partial charge in [-0.3, -0.25) is 9.35 Å². The highest BCUT2D eigenvalue weighted by atomic mass is 79.9. The number of halogens is 3. The van der Waals surface area contributed by atoms with Gasteiger partial charge in [0.2, 0.25) is 11.3 Å². The van der Waals surface area contributed by atoms with Gasteiger partial charge >= 0.3 is 0 Å². The molecule has 2 N–H and O–H groups in total. The van der Waals surface area contributed by atoms with Crippen LogP contribution in [0, 0.1) is 11.6 Å². The SMILES string of the molecule is CC(NS(=O)O)c1cc(Br)c(C(=O)c2ccc(F)cc2)cc1F. The van der Waals surface area contributed by atoms with Crippen LogP contribution in [-0.4, -0.2) is 14.5 Å². The van der Waals surface area contributed by atoms with Gasteiger partial charge in [0.25, 0.3) is 0 Å². The lowest BCUT2D eigenvalue weighted by molar-refractivity contribution is 0.103. The molecule has 0 heterocycles. The zero-order valence-electron chi connectivity index (χ0n) is 11.8. The molecule has 0 aliphatic carbocycles. The molecule has 0 aliphatic heterocycles. The monoisotopic (exact) mass is 403 g/mol. The Morgan fingerprint density at radius 3 is 2.43 bits per heavy atom. The normalized spacial score (nSPS) is 13.6. The van der Waals surface area contributed by atoms with E-state index in [2.05, 4.69) is 20.7 Å². The number of carbonyl (C=O) groups is 1. The molecule has 0 spiro atoms. The van der Waals surface area contributed by atoms with E-state index in [4.69, 9.17) is 4.55 Å². The van der Waals surface area contributed by atoms with Crippen LogP contribution >= 0.6 is 15.9 Å². The fourth-order valence-corrected chi connectivity index (χ4v) is 3.01. The summed E-state index contributed by atoms with van der Waals surface area (Å²) in [5, 5.41) is 0. The summed E-state index contributed by atoms with van der Waals surface area (Å²) < 4.78 is 49.3. The van der Waals surface area contributed by atoms with Crippen molar-refractivity contribution in [3.05, 3.63) is 69.2 Å². The van der Waals surface area contributed by atoms with Gasteiger partial charge in [-0.25, -0.2) is 17.7 Å². The summed E-state index contributed by atoms with van der Waals surface area (Å²) in [7, 11) is 0. The van der Waals surface area contributed by atoms with Crippen molar-refractivity contribution in [1.29, 1.82) is 0 Å². The first-order valence-corrected chi connectivity index (χ1v) is 8.35. The third-order valence-corrected chi connectivity index (χ3v) is 4.39. The Balaban J connectivity index is 2.38. The summed E-state index contributed by atoms with van der Waals surface area (Å²) in [6.07, 6.45) is 0. The van der Waals surface area contributed by atoms with E-state index < -0.39 is 34.7 Å². The van der Waals surface area contributed by atoms with E-state index in [0.29, 0.717) is 4.47 Å². The standard InChI is InChI=1S/C15H12BrF2NO3S/c1-8(19-23(21)22)11-6-13(16)12(7-14(11)18)15(20)9-2-4-10(17)5-3-9/h2-8,19H,1H3,(H,21,22). The second-order valence-electron chi connectivity index (χ2n) is 4.78. The number of nitrogens with one attached hydrogen (secondary N) is 1. The van der Waals surface area contributed by atoms with E-state index in [-0.39, 0.29) is 16.7 Å². The molecule has 2 aromatic rings. The van der Waals surface area contributed by atoms with Gasteiger partial charge < -0.3 is 0 Å². The van der Waals surface area contributed by atoms with Crippen molar-refractivity contribution < 1.29 is 22.3 Å². The van der Waals surface area contributed by atoms with Crippen LogP contribution in [0.5, 0.6) is 0 Å². The van der Waals surface area contributed by atoms with Crippen molar-refractivity contribution in [2.24, 2.45) is 0 Å². The van der Waals surface area contributed by atoms with Gasteiger partial charge in [0.05, 0.1) is 0 Å². The maximum Gasteiger partial charge on any atom is 0.232 e. The second kappa shape index (κ2) is 7.39. The van der Waals surface area contributed by atoms with Crippen molar-refractivity contribution in [2.75, 3.05) is 0 Å². The Morgan fingerprint density at radius 1 is 1.26 bits per heavy atom. The molecule has 0 aromatic heterocycles. The van der Waals surface area contributed by atoms with Crippen molar-refractivity contribution in [1.82, 2.24) is 4.72 Å². The van der Waals surface area contributed by atoms with E-state index in [0.717, 1.165) is 18.2 Å². The summed E-state index contributed by atoms with van der Waals surface area (Å²) in [6, 6.07) is 6.61. The maximum atomic E-state index is 14.2. The van der Waals surface area contributed by atoms with E-state index in [1.54, 1.807) is 0 Å². The van der Waals surface area contributed by atoms with Crippen molar-refractivity contribution in [3.8, 4) is 0 Å². The number of hydrogen-bond donors (Lipinski definition) is 2. The molecule has 0 radical (unpaired) electrons. The van der Waals surface area contributed by atoms with E-state index >= 15 is 0 Å². The Morgan fingerprint density at radius 2 is 1.87 bits per heavy atom. The van der Waals surface area contributed by atoms with Gasteiger partial charge in [0, 0.05) is 27.2 Å². The molecule has 0 amide bonds. The Labute approximate surface area is 142 Å². The van der Waals surface area contributed by atoms with Gasteiger partial charge in [0.1, 0.15) is 11.6 Å². The number of rotatable bonds is 5. The highest BCUT2D eigenvalue weighted by Gasteiger charge is 2.19. The van der Waals surface area contributed by atoms with E-state index in [9.17, 15) is 17.8 Å². The molecule has 2 unspecified atom stereocenters. The van der Waals surface area contributed by atoms with Crippen LogP contribution in [0.15, 0.2) is 40.9 Å². The molecular weight excluding hydrogens is 392 g/mol. The first-order chi connectivity index (χ1) is 10.8. The molecule has 122 valence electrons.